The highest BCUT2D eigenvalue weighted by atomic mass is 35.5. The van der Waals surface area contributed by atoms with Gasteiger partial charge in [0.2, 0.25) is 0 Å². The fraction of sp³-hybridized carbons (Fsp3) is 0.360. The number of Topliss-reactive ketones (excluding diaryl/α,β-unsaturated/α-hetero) is 1. The summed E-state index contributed by atoms with van der Waals surface area (Å²) >= 11 is 6.17. The van der Waals surface area contributed by atoms with Gasteiger partial charge in [-0.2, -0.15) is 0 Å². The predicted octanol–water partition coefficient (Wildman–Crippen LogP) is 5.06. The number of aliphatic hydroxyl groups is 1. The van der Waals surface area contributed by atoms with Crippen LogP contribution in [0.1, 0.15) is 50.8 Å². The first kappa shape index (κ1) is 24.5. The van der Waals surface area contributed by atoms with E-state index in [1.165, 1.54) is 11.0 Å². The molecule has 0 spiro atoms. The normalized spacial score (nSPS) is 17.5. The molecule has 1 amide bonds. The number of amides is 1. The summed E-state index contributed by atoms with van der Waals surface area (Å²) < 4.78 is 11.0. The number of hydrogen-bond acceptors (Lipinski definition) is 6. The maximum atomic E-state index is 13.1. The fourth-order valence-electron chi connectivity index (χ4n) is 3.83. The number of ketones is 1. The molecule has 3 rings (SSSR count). The number of likely N-dealkylation sites (tertiary alicyclic amines) is 1. The van der Waals surface area contributed by atoms with Crippen LogP contribution in [0.3, 0.4) is 0 Å². The number of phenols is 1. The number of phenolic OH excluding ortho intramolecular Hbond substituents is 1. The van der Waals surface area contributed by atoms with Crippen molar-refractivity contribution in [2.75, 3.05) is 19.8 Å². The molecule has 0 radical (unpaired) electrons. The molecule has 7 nitrogen and oxygen atoms in total. The number of hydrogen-bond donors (Lipinski definition) is 2. The molecule has 8 heteroatoms. The SMILES string of the molecule is CCCCN1C(=O)C(=O)/C(=C(\O)c2ccc(Cl)c(OCC)c2)C1c1ccc(O)c(OCC)c1. The van der Waals surface area contributed by atoms with Gasteiger partial charge < -0.3 is 24.6 Å². The summed E-state index contributed by atoms with van der Waals surface area (Å²) in [5.41, 5.74) is 0.825. The van der Waals surface area contributed by atoms with E-state index in [1.54, 1.807) is 37.3 Å². The van der Waals surface area contributed by atoms with Crippen LogP contribution >= 0.6 is 11.6 Å². The van der Waals surface area contributed by atoms with Gasteiger partial charge in [-0.25, -0.2) is 0 Å². The Morgan fingerprint density at radius 2 is 1.73 bits per heavy atom. The van der Waals surface area contributed by atoms with Crippen molar-refractivity contribution in [3.8, 4) is 17.2 Å². The van der Waals surface area contributed by atoms with Crippen molar-refractivity contribution in [2.45, 2.75) is 39.7 Å². The van der Waals surface area contributed by atoms with E-state index in [0.717, 1.165) is 6.42 Å². The Morgan fingerprint density at radius 1 is 1.03 bits per heavy atom. The van der Waals surface area contributed by atoms with Gasteiger partial charge >= 0.3 is 0 Å². The van der Waals surface area contributed by atoms with Crippen LogP contribution in [0, 0.1) is 0 Å². The van der Waals surface area contributed by atoms with E-state index < -0.39 is 17.7 Å². The molecule has 0 aromatic heterocycles. The zero-order valence-corrected chi connectivity index (χ0v) is 19.7. The molecule has 1 aliphatic rings. The summed E-state index contributed by atoms with van der Waals surface area (Å²) in [6, 6.07) is 8.51. The van der Waals surface area contributed by atoms with Gasteiger partial charge in [0.15, 0.2) is 11.5 Å². The molecule has 2 aromatic carbocycles. The van der Waals surface area contributed by atoms with E-state index in [-0.39, 0.29) is 22.8 Å². The summed E-state index contributed by atoms with van der Waals surface area (Å²) in [5.74, 6) is -1.22. The predicted molar refractivity (Wildman–Crippen MR) is 126 cm³/mol. The lowest BCUT2D eigenvalue weighted by Crippen LogP contribution is -2.30. The maximum absolute atomic E-state index is 13.1. The Hall–Kier alpha value is -3.19. The van der Waals surface area contributed by atoms with E-state index in [9.17, 15) is 19.8 Å². The molecule has 0 aliphatic carbocycles. The smallest absolute Gasteiger partial charge is 0.295 e. The van der Waals surface area contributed by atoms with Crippen LogP contribution in [-0.4, -0.2) is 46.6 Å². The topological polar surface area (TPSA) is 96.3 Å². The Morgan fingerprint density at radius 3 is 2.39 bits per heavy atom. The molecular weight excluding hydrogens is 446 g/mol. The molecule has 1 unspecified atom stereocenters. The van der Waals surface area contributed by atoms with Crippen LogP contribution in [-0.2, 0) is 9.59 Å². The number of aliphatic hydroxyl groups excluding tert-OH is 1. The minimum atomic E-state index is -0.831. The molecule has 33 heavy (non-hydrogen) atoms. The van der Waals surface area contributed by atoms with Crippen molar-refractivity contribution in [2.24, 2.45) is 0 Å². The number of halogens is 1. The van der Waals surface area contributed by atoms with Crippen molar-refractivity contribution in [1.29, 1.82) is 0 Å². The third kappa shape index (κ3) is 4.93. The second-order valence-corrected chi connectivity index (χ2v) is 7.99. The monoisotopic (exact) mass is 473 g/mol. The molecular formula is C25H28ClNO6. The second kappa shape index (κ2) is 10.6. The molecule has 1 aliphatic heterocycles. The number of ether oxygens (including phenoxy) is 2. The lowest BCUT2D eigenvalue weighted by molar-refractivity contribution is -0.139. The molecule has 0 bridgehead atoms. The number of unbranched alkanes of at least 4 members (excludes halogenated alkanes) is 1. The molecule has 176 valence electrons. The molecule has 1 atom stereocenters. The number of carbonyl (C=O) groups excluding carboxylic acids is 2. The third-order valence-corrected chi connectivity index (χ3v) is 5.71. The van der Waals surface area contributed by atoms with Gasteiger partial charge in [0.1, 0.15) is 11.5 Å². The third-order valence-electron chi connectivity index (χ3n) is 5.40. The van der Waals surface area contributed by atoms with Crippen LogP contribution in [0.5, 0.6) is 17.2 Å². The van der Waals surface area contributed by atoms with Crippen LogP contribution in [0.2, 0.25) is 5.02 Å². The maximum Gasteiger partial charge on any atom is 0.295 e. The summed E-state index contributed by atoms with van der Waals surface area (Å²) in [5, 5.41) is 21.7. The first-order chi connectivity index (χ1) is 15.8. The van der Waals surface area contributed by atoms with Crippen molar-refractivity contribution >= 4 is 29.1 Å². The van der Waals surface area contributed by atoms with E-state index >= 15 is 0 Å². The van der Waals surface area contributed by atoms with E-state index in [2.05, 4.69) is 0 Å². The van der Waals surface area contributed by atoms with Crippen LogP contribution in [0.15, 0.2) is 42.0 Å². The summed E-state index contributed by atoms with van der Waals surface area (Å²) in [7, 11) is 0. The minimum absolute atomic E-state index is 0.0333. The fourth-order valence-corrected chi connectivity index (χ4v) is 4.00. The summed E-state index contributed by atoms with van der Waals surface area (Å²) in [6.45, 7) is 6.64. The van der Waals surface area contributed by atoms with Crippen molar-refractivity contribution < 1.29 is 29.3 Å². The zero-order chi connectivity index (χ0) is 24.1. The Balaban J connectivity index is 2.19. The largest absolute Gasteiger partial charge is 0.507 e. The summed E-state index contributed by atoms with van der Waals surface area (Å²) in [6.07, 6.45) is 1.51. The van der Waals surface area contributed by atoms with E-state index in [4.69, 9.17) is 21.1 Å². The molecule has 1 heterocycles. The van der Waals surface area contributed by atoms with Gasteiger partial charge in [0.05, 0.1) is 29.9 Å². The van der Waals surface area contributed by atoms with Crippen molar-refractivity contribution in [3.05, 3.63) is 58.1 Å². The Labute approximate surface area is 198 Å². The van der Waals surface area contributed by atoms with Gasteiger partial charge in [0.25, 0.3) is 11.7 Å². The first-order valence-electron chi connectivity index (χ1n) is 11.0. The highest BCUT2D eigenvalue weighted by Gasteiger charge is 2.46. The lowest BCUT2D eigenvalue weighted by atomic mass is 9.94. The minimum Gasteiger partial charge on any atom is -0.507 e. The quantitative estimate of drug-likeness (QED) is 0.300. The standard InChI is InChI=1S/C25H28ClNO6/c1-4-7-12-27-22(15-9-11-18(28)20(13-15)33-6-3)21(24(30)25(27)31)23(29)16-8-10-17(26)19(14-16)32-5-2/h8-11,13-14,22,28-29H,4-7,12H2,1-3H3/b23-21-. The summed E-state index contributed by atoms with van der Waals surface area (Å²) in [4.78, 5) is 27.5. The lowest BCUT2D eigenvalue weighted by Gasteiger charge is -2.25. The number of nitrogens with zero attached hydrogens (tertiary/aromatic N) is 1. The number of benzene rings is 2. The van der Waals surface area contributed by atoms with E-state index in [1.807, 2.05) is 13.8 Å². The Kier molecular flexibility index (Phi) is 7.87. The van der Waals surface area contributed by atoms with Gasteiger partial charge in [0, 0.05) is 12.1 Å². The highest BCUT2D eigenvalue weighted by Crippen LogP contribution is 2.42. The highest BCUT2D eigenvalue weighted by molar-refractivity contribution is 6.46. The van der Waals surface area contributed by atoms with Crippen molar-refractivity contribution in [1.82, 2.24) is 4.90 Å². The van der Waals surface area contributed by atoms with Gasteiger partial charge in [-0.1, -0.05) is 31.0 Å². The van der Waals surface area contributed by atoms with Crippen LogP contribution in [0.4, 0.5) is 0 Å². The second-order valence-electron chi connectivity index (χ2n) is 7.58. The average Bonchev–Trinajstić information content (AvgIpc) is 3.05. The van der Waals surface area contributed by atoms with Crippen LogP contribution in [0.25, 0.3) is 5.76 Å². The average molecular weight is 474 g/mol. The molecule has 1 saturated heterocycles. The van der Waals surface area contributed by atoms with E-state index in [0.29, 0.717) is 48.1 Å². The molecule has 1 fully saturated rings. The Bertz CT molecular complexity index is 1080. The first-order valence-corrected chi connectivity index (χ1v) is 11.4. The number of aromatic hydroxyl groups is 1. The van der Waals surface area contributed by atoms with Gasteiger partial charge in [-0.3, -0.25) is 9.59 Å². The zero-order valence-electron chi connectivity index (χ0n) is 18.9. The van der Waals surface area contributed by atoms with Crippen LogP contribution < -0.4 is 9.47 Å². The number of rotatable bonds is 9. The van der Waals surface area contributed by atoms with Gasteiger partial charge in [-0.15, -0.1) is 0 Å². The number of carbonyl (C=O) groups is 2. The molecule has 2 N–H and O–H groups in total. The van der Waals surface area contributed by atoms with Gasteiger partial charge in [-0.05, 0) is 56.2 Å². The molecule has 0 saturated carbocycles. The van der Waals surface area contributed by atoms with Crippen molar-refractivity contribution in [3.63, 3.8) is 0 Å². The molecule has 2 aromatic rings.